The lowest BCUT2D eigenvalue weighted by Crippen LogP contribution is -2.49. The lowest BCUT2D eigenvalue weighted by molar-refractivity contribution is -0.0473. The third-order valence-corrected chi connectivity index (χ3v) is 3.66. The van der Waals surface area contributed by atoms with Gasteiger partial charge in [0.2, 0.25) is 0 Å². The Morgan fingerprint density at radius 1 is 1.35 bits per heavy atom. The molecule has 0 amide bonds. The first kappa shape index (κ1) is 15.1. The van der Waals surface area contributed by atoms with Crippen LogP contribution in [0.2, 0.25) is 0 Å². The van der Waals surface area contributed by atoms with Crippen LogP contribution in [0.25, 0.3) is 0 Å². The Labute approximate surface area is 126 Å². The average Bonchev–Trinajstić information content (AvgIpc) is 2.37. The fraction of sp³-hybridized carbons (Fsp3) is 0.533. The second-order valence-corrected chi connectivity index (χ2v) is 5.68. The molecule has 1 aliphatic rings. The molecule has 0 saturated carbocycles. The number of ether oxygens (including phenoxy) is 2. The van der Waals surface area contributed by atoms with Crippen molar-refractivity contribution in [3.8, 4) is 5.75 Å². The van der Waals surface area contributed by atoms with E-state index in [4.69, 9.17) is 21.7 Å². The van der Waals surface area contributed by atoms with Gasteiger partial charge in [0, 0.05) is 13.1 Å². The minimum absolute atomic E-state index is 0.193. The summed E-state index contributed by atoms with van der Waals surface area (Å²) < 4.78 is 11.1. The van der Waals surface area contributed by atoms with Crippen molar-refractivity contribution in [3.63, 3.8) is 0 Å². The molecule has 110 valence electrons. The van der Waals surface area contributed by atoms with Crippen molar-refractivity contribution in [1.29, 1.82) is 0 Å². The van der Waals surface area contributed by atoms with Gasteiger partial charge < -0.3 is 19.7 Å². The van der Waals surface area contributed by atoms with Gasteiger partial charge in [-0.1, -0.05) is 6.07 Å². The van der Waals surface area contributed by atoms with Crippen molar-refractivity contribution in [3.05, 3.63) is 23.8 Å². The summed E-state index contributed by atoms with van der Waals surface area (Å²) in [5, 5.41) is 4.01. The lowest BCUT2D eigenvalue weighted by Gasteiger charge is -2.37. The maximum atomic E-state index is 5.73. The Bertz CT molecular complexity index is 483. The molecule has 1 fully saturated rings. The van der Waals surface area contributed by atoms with Crippen molar-refractivity contribution in [2.24, 2.45) is 0 Å². The molecule has 2 rings (SSSR count). The quantitative estimate of drug-likeness (QED) is 0.848. The Morgan fingerprint density at radius 2 is 2.00 bits per heavy atom. The van der Waals surface area contributed by atoms with E-state index in [1.165, 1.54) is 5.56 Å². The number of thiocarbonyl (C=S) groups is 1. The number of nitrogens with zero attached hydrogens (tertiary/aromatic N) is 1. The van der Waals surface area contributed by atoms with Gasteiger partial charge in [-0.2, -0.15) is 0 Å². The van der Waals surface area contributed by atoms with Crippen molar-refractivity contribution >= 4 is 23.0 Å². The van der Waals surface area contributed by atoms with Crippen LogP contribution in [-0.2, 0) is 4.74 Å². The molecule has 1 aromatic rings. The smallest absolute Gasteiger partial charge is 0.173 e. The number of methoxy groups -OCH3 is 1. The Hall–Kier alpha value is -1.33. The van der Waals surface area contributed by atoms with E-state index >= 15 is 0 Å². The molecule has 0 aromatic heterocycles. The molecule has 20 heavy (non-hydrogen) atoms. The summed E-state index contributed by atoms with van der Waals surface area (Å²) in [5.74, 6) is 0.798. The van der Waals surface area contributed by atoms with Gasteiger partial charge >= 0.3 is 0 Å². The largest absolute Gasteiger partial charge is 0.495 e. The van der Waals surface area contributed by atoms with Crippen LogP contribution in [0.4, 0.5) is 5.69 Å². The normalized spacial score (nSPS) is 22.5. The van der Waals surface area contributed by atoms with Crippen LogP contribution in [0.1, 0.15) is 19.4 Å². The van der Waals surface area contributed by atoms with Crippen molar-refractivity contribution in [2.75, 3.05) is 25.5 Å². The van der Waals surface area contributed by atoms with Crippen LogP contribution in [0.5, 0.6) is 5.75 Å². The Kier molecular flexibility index (Phi) is 4.83. The van der Waals surface area contributed by atoms with E-state index in [2.05, 4.69) is 24.1 Å². The predicted molar refractivity (Wildman–Crippen MR) is 85.5 cm³/mol. The molecule has 0 radical (unpaired) electrons. The van der Waals surface area contributed by atoms with Crippen molar-refractivity contribution in [1.82, 2.24) is 4.90 Å². The molecule has 0 unspecified atom stereocenters. The van der Waals surface area contributed by atoms with Gasteiger partial charge in [-0.3, -0.25) is 0 Å². The number of hydrogen-bond donors (Lipinski definition) is 1. The summed E-state index contributed by atoms with van der Waals surface area (Å²) in [7, 11) is 1.66. The summed E-state index contributed by atoms with van der Waals surface area (Å²) in [6, 6.07) is 6.01. The molecule has 1 aliphatic heterocycles. The van der Waals surface area contributed by atoms with Gasteiger partial charge in [0.15, 0.2) is 5.11 Å². The van der Waals surface area contributed by atoms with Gasteiger partial charge in [0.1, 0.15) is 5.75 Å². The molecule has 1 saturated heterocycles. The molecule has 0 aliphatic carbocycles. The second kappa shape index (κ2) is 6.41. The Morgan fingerprint density at radius 3 is 2.60 bits per heavy atom. The number of morpholine rings is 1. The highest BCUT2D eigenvalue weighted by Crippen LogP contribution is 2.26. The maximum absolute atomic E-state index is 5.73. The zero-order chi connectivity index (χ0) is 14.7. The molecule has 2 atom stereocenters. The van der Waals surface area contributed by atoms with E-state index < -0.39 is 0 Å². The van der Waals surface area contributed by atoms with E-state index in [0.29, 0.717) is 0 Å². The first-order valence-electron chi connectivity index (χ1n) is 6.85. The molecule has 4 nitrogen and oxygen atoms in total. The van der Waals surface area contributed by atoms with Crippen LogP contribution in [-0.4, -0.2) is 42.4 Å². The minimum atomic E-state index is 0.193. The zero-order valence-electron chi connectivity index (χ0n) is 12.5. The van der Waals surface area contributed by atoms with Gasteiger partial charge in [-0.25, -0.2) is 0 Å². The lowest BCUT2D eigenvalue weighted by atomic mass is 10.2. The monoisotopic (exact) mass is 294 g/mol. The molecular weight excluding hydrogens is 272 g/mol. The van der Waals surface area contributed by atoms with E-state index in [0.717, 1.165) is 29.6 Å². The summed E-state index contributed by atoms with van der Waals surface area (Å²) in [5.41, 5.74) is 2.07. The van der Waals surface area contributed by atoms with Crippen LogP contribution >= 0.6 is 12.2 Å². The molecule has 5 heteroatoms. The third kappa shape index (κ3) is 3.61. The van der Waals surface area contributed by atoms with E-state index in [9.17, 15) is 0 Å². The van der Waals surface area contributed by atoms with Crippen LogP contribution < -0.4 is 10.1 Å². The molecule has 1 N–H and O–H groups in total. The van der Waals surface area contributed by atoms with Crippen LogP contribution in [0.15, 0.2) is 18.2 Å². The van der Waals surface area contributed by atoms with Gasteiger partial charge in [-0.05, 0) is 50.7 Å². The van der Waals surface area contributed by atoms with E-state index in [1.807, 2.05) is 25.1 Å². The predicted octanol–water partition coefficient (Wildman–Crippen LogP) is 2.81. The fourth-order valence-corrected chi connectivity index (χ4v) is 2.72. The highest BCUT2D eigenvalue weighted by molar-refractivity contribution is 7.80. The number of benzene rings is 1. The molecule has 1 aromatic carbocycles. The number of nitrogens with one attached hydrogen (secondary N) is 1. The van der Waals surface area contributed by atoms with E-state index in [1.54, 1.807) is 7.11 Å². The van der Waals surface area contributed by atoms with Crippen LogP contribution in [0.3, 0.4) is 0 Å². The highest BCUT2D eigenvalue weighted by atomic mass is 32.1. The van der Waals surface area contributed by atoms with E-state index in [-0.39, 0.29) is 12.2 Å². The van der Waals surface area contributed by atoms with Gasteiger partial charge in [0.05, 0.1) is 25.0 Å². The SMILES string of the molecule is COc1ccc(C)cc1NC(=S)N1C[C@@H](C)O[C@H](C)C1. The topological polar surface area (TPSA) is 33.7 Å². The minimum Gasteiger partial charge on any atom is -0.495 e. The molecule has 0 bridgehead atoms. The highest BCUT2D eigenvalue weighted by Gasteiger charge is 2.24. The summed E-state index contributed by atoms with van der Waals surface area (Å²) in [4.78, 5) is 2.15. The number of aryl methyl sites for hydroxylation is 1. The third-order valence-electron chi connectivity index (χ3n) is 3.30. The standard InChI is InChI=1S/C15H22N2O2S/c1-10-5-6-14(18-4)13(7-10)16-15(20)17-8-11(2)19-12(3)9-17/h5-7,11-12H,8-9H2,1-4H3,(H,16,20)/t11-,12-/m1/s1. The Balaban J connectivity index is 2.09. The zero-order valence-corrected chi connectivity index (χ0v) is 13.3. The fourth-order valence-electron chi connectivity index (χ4n) is 2.46. The first-order valence-corrected chi connectivity index (χ1v) is 7.26. The molecule has 1 heterocycles. The van der Waals surface area contributed by atoms with Gasteiger partial charge in [0.25, 0.3) is 0 Å². The summed E-state index contributed by atoms with van der Waals surface area (Å²) >= 11 is 5.52. The number of rotatable bonds is 2. The van der Waals surface area contributed by atoms with Crippen molar-refractivity contribution in [2.45, 2.75) is 33.0 Å². The maximum Gasteiger partial charge on any atom is 0.173 e. The number of anilines is 1. The second-order valence-electron chi connectivity index (χ2n) is 5.30. The summed E-state index contributed by atoms with van der Waals surface area (Å²) in [6.45, 7) is 7.80. The van der Waals surface area contributed by atoms with Crippen LogP contribution in [0, 0.1) is 6.92 Å². The average molecular weight is 294 g/mol. The first-order chi connectivity index (χ1) is 9.49. The number of hydrogen-bond acceptors (Lipinski definition) is 3. The van der Waals surface area contributed by atoms with Gasteiger partial charge in [-0.15, -0.1) is 0 Å². The summed E-state index contributed by atoms with van der Waals surface area (Å²) in [6.07, 6.45) is 0.385. The molecular formula is C15H22N2O2S. The molecule has 0 spiro atoms. The van der Waals surface area contributed by atoms with Crippen molar-refractivity contribution < 1.29 is 9.47 Å².